The largest absolute Gasteiger partial charge is 0.495 e. The number of Topliss-reactive ketones (excluding diaryl/α,β-unsaturated/α-hetero) is 1. The summed E-state index contributed by atoms with van der Waals surface area (Å²) < 4.78 is 69.4. The lowest BCUT2D eigenvalue weighted by atomic mass is 10.2. The van der Waals surface area contributed by atoms with E-state index in [9.17, 15) is 45.6 Å². The van der Waals surface area contributed by atoms with Crippen molar-refractivity contribution in [3.05, 3.63) is 46.5 Å². The van der Waals surface area contributed by atoms with E-state index in [0.717, 1.165) is 37.3 Å². The number of carbonyl (C=O) groups excluding carboxylic acids is 2. The van der Waals surface area contributed by atoms with E-state index in [1.165, 1.54) is 7.11 Å². The van der Waals surface area contributed by atoms with Crippen molar-refractivity contribution in [2.24, 2.45) is 5.10 Å². The average molecular weight is 516 g/mol. The Hall–Kier alpha value is -3.93. The minimum absolute atomic E-state index is 0.0411. The number of anilines is 2. The number of ketones is 1. The Morgan fingerprint density at radius 1 is 1.03 bits per heavy atom. The molecule has 2 rings (SSSR count). The number of benzene rings is 2. The molecular formula is C17H16N4O11S2. The van der Waals surface area contributed by atoms with Crippen LogP contribution in [0.2, 0.25) is 0 Å². The first-order valence-corrected chi connectivity index (χ1v) is 11.6. The number of nitro groups is 1. The number of hydrogen-bond acceptors (Lipinski definition) is 11. The molecule has 0 atom stereocenters. The highest BCUT2D eigenvalue weighted by molar-refractivity contribution is 7.86. The SMILES string of the molecule is COc1ccc(S(=O)(=O)O)cc1NC(=O)C(=NNc1ccc([N+](=O)[O-])cc1S(=O)(=O)O)C(C)=O. The molecule has 0 saturated heterocycles. The molecule has 0 bridgehead atoms. The number of hydrogen-bond donors (Lipinski definition) is 4. The van der Waals surface area contributed by atoms with Gasteiger partial charge in [0.05, 0.1) is 28.3 Å². The number of carbonyl (C=O) groups is 2. The number of non-ortho nitro benzene ring substituents is 1. The molecule has 2 aromatic rings. The van der Waals surface area contributed by atoms with Crippen LogP contribution in [0.3, 0.4) is 0 Å². The normalized spacial score (nSPS) is 12.1. The summed E-state index contributed by atoms with van der Waals surface area (Å²) in [5.41, 5.74) is -0.181. The van der Waals surface area contributed by atoms with Crippen LogP contribution in [-0.2, 0) is 29.8 Å². The fourth-order valence-electron chi connectivity index (χ4n) is 2.46. The van der Waals surface area contributed by atoms with Crippen molar-refractivity contribution in [3.63, 3.8) is 0 Å². The summed E-state index contributed by atoms with van der Waals surface area (Å²) in [7, 11) is -8.42. The van der Waals surface area contributed by atoms with Gasteiger partial charge in [-0.2, -0.15) is 21.9 Å². The van der Waals surface area contributed by atoms with E-state index in [0.29, 0.717) is 6.07 Å². The number of rotatable bonds is 9. The first kappa shape index (κ1) is 26.3. The maximum absolute atomic E-state index is 12.6. The van der Waals surface area contributed by atoms with E-state index in [2.05, 4.69) is 15.8 Å². The van der Waals surface area contributed by atoms with E-state index < -0.39 is 63.7 Å². The minimum Gasteiger partial charge on any atom is -0.495 e. The molecule has 0 spiro atoms. The molecule has 0 aromatic heterocycles. The Morgan fingerprint density at radius 2 is 1.68 bits per heavy atom. The third-order valence-corrected chi connectivity index (χ3v) is 5.75. The molecule has 0 aliphatic carbocycles. The first-order valence-electron chi connectivity index (χ1n) is 8.72. The fraction of sp³-hybridized carbons (Fsp3) is 0.118. The van der Waals surface area contributed by atoms with Crippen molar-refractivity contribution in [1.29, 1.82) is 0 Å². The van der Waals surface area contributed by atoms with Crippen LogP contribution in [-0.4, -0.2) is 55.4 Å². The predicted molar refractivity (Wildman–Crippen MR) is 116 cm³/mol. The summed E-state index contributed by atoms with van der Waals surface area (Å²) in [6.07, 6.45) is 0. The molecule has 0 fully saturated rings. The monoisotopic (exact) mass is 516 g/mol. The van der Waals surface area contributed by atoms with Gasteiger partial charge in [-0.3, -0.25) is 34.2 Å². The van der Waals surface area contributed by atoms with Gasteiger partial charge in [-0.1, -0.05) is 0 Å². The number of nitrogens with zero attached hydrogens (tertiary/aromatic N) is 2. The molecule has 4 N–H and O–H groups in total. The van der Waals surface area contributed by atoms with Gasteiger partial charge in [0.25, 0.3) is 31.8 Å². The summed E-state index contributed by atoms with van der Waals surface area (Å²) >= 11 is 0. The van der Waals surface area contributed by atoms with Crippen molar-refractivity contribution in [2.75, 3.05) is 17.9 Å². The molecule has 0 radical (unpaired) electrons. The Morgan fingerprint density at radius 3 is 2.18 bits per heavy atom. The van der Waals surface area contributed by atoms with Crippen LogP contribution >= 0.6 is 0 Å². The number of nitro benzene ring substituents is 1. The molecular weight excluding hydrogens is 500 g/mol. The van der Waals surface area contributed by atoms with Crippen molar-refractivity contribution in [3.8, 4) is 5.75 Å². The van der Waals surface area contributed by atoms with Gasteiger partial charge in [0, 0.05) is 19.1 Å². The highest BCUT2D eigenvalue weighted by Gasteiger charge is 2.23. The molecule has 0 saturated carbocycles. The molecule has 0 aliphatic rings. The standard InChI is InChI=1S/C17H16N4O11S2/c1-9(22)16(17(23)18-13-8-11(33(26,27)28)4-6-14(13)32-2)20-19-12-5-3-10(21(24)25)7-15(12)34(29,30)31/h3-8,19H,1-2H3,(H,18,23)(H,26,27,28)(H,29,30,31). The van der Waals surface area contributed by atoms with E-state index in [1.807, 2.05) is 0 Å². The van der Waals surface area contributed by atoms with Gasteiger partial charge in [-0.15, -0.1) is 0 Å². The summed E-state index contributed by atoms with van der Waals surface area (Å²) in [6.45, 7) is 0.936. The maximum atomic E-state index is 12.6. The molecule has 34 heavy (non-hydrogen) atoms. The van der Waals surface area contributed by atoms with Crippen LogP contribution in [0.15, 0.2) is 51.3 Å². The van der Waals surface area contributed by atoms with Gasteiger partial charge in [0.2, 0.25) is 0 Å². The lowest BCUT2D eigenvalue weighted by Crippen LogP contribution is -2.29. The van der Waals surface area contributed by atoms with Crippen LogP contribution in [0, 0.1) is 10.1 Å². The number of ether oxygens (including phenoxy) is 1. The van der Waals surface area contributed by atoms with Crippen LogP contribution in [0.4, 0.5) is 17.1 Å². The third kappa shape index (κ3) is 6.32. The van der Waals surface area contributed by atoms with Crippen molar-refractivity contribution in [1.82, 2.24) is 0 Å². The van der Waals surface area contributed by atoms with Crippen LogP contribution in [0.25, 0.3) is 0 Å². The van der Waals surface area contributed by atoms with Crippen LogP contribution in [0.1, 0.15) is 6.92 Å². The zero-order valence-corrected chi connectivity index (χ0v) is 18.9. The second-order valence-corrected chi connectivity index (χ2v) is 9.14. The van der Waals surface area contributed by atoms with E-state index in [1.54, 1.807) is 0 Å². The Kier molecular flexibility index (Phi) is 7.67. The molecule has 17 heteroatoms. The Labute approximate surface area is 192 Å². The maximum Gasteiger partial charge on any atom is 0.296 e. The molecule has 1 amide bonds. The summed E-state index contributed by atoms with van der Waals surface area (Å²) in [6, 6.07) is 5.26. The van der Waals surface area contributed by atoms with Crippen LogP contribution in [0.5, 0.6) is 5.75 Å². The number of nitrogens with one attached hydrogen (secondary N) is 2. The second kappa shape index (κ2) is 9.91. The van der Waals surface area contributed by atoms with Crippen LogP contribution < -0.4 is 15.5 Å². The minimum atomic E-state index is -4.97. The topological polar surface area (TPSA) is 232 Å². The third-order valence-electron chi connectivity index (χ3n) is 4.01. The quantitative estimate of drug-likeness (QED) is 0.121. The van der Waals surface area contributed by atoms with Crippen molar-refractivity contribution in [2.45, 2.75) is 16.7 Å². The second-order valence-electron chi connectivity index (χ2n) is 6.33. The molecule has 0 heterocycles. The number of amides is 1. The highest BCUT2D eigenvalue weighted by atomic mass is 32.2. The van der Waals surface area contributed by atoms with Gasteiger partial charge in [0.1, 0.15) is 10.6 Å². The van der Waals surface area contributed by atoms with Gasteiger partial charge in [-0.25, -0.2) is 0 Å². The summed E-state index contributed by atoms with van der Waals surface area (Å²) in [5, 5.41) is 16.6. The Bertz CT molecular complexity index is 1420. The molecule has 0 unspecified atom stereocenters. The first-order chi connectivity index (χ1) is 15.6. The van der Waals surface area contributed by atoms with E-state index in [4.69, 9.17) is 4.74 Å². The number of methoxy groups -OCH3 is 1. The molecule has 182 valence electrons. The van der Waals surface area contributed by atoms with Gasteiger partial charge >= 0.3 is 0 Å². The van der Waals surface area contributed by atoms with E-state index in [-0.39, 0.29) is 11.4 Å². The predicted octanol–water partition coefficient (Wildman–Crippen LogP) is 1.09. The summed E-state index contributed by atoms with van der Waals surface area (Å²) in [5.74, 6) is -2.16. The summed E-state index contributed by atoms with van der Waals surface area (Å²) in [4.78, 5) is 33.0. The number of hydrazone groups is 1. The lowest BCUT2D eigenvalue weighted by Gasteiger charge is -2.12. The lowest BCUT2D eigenvalue weighted by molar-refractivity contribution is -0.385. The zero-order valence-electron chi connectivity index (χ0n) is 17.2. The average Bonchev–Trinajstić information content (AvgIpc) is 2.72. The Balaban J connectivity index is 2.45. The smallest absolute Gasteiger partial charge is 0.296 e. The van der Waals surface area contributed by atoms with Crippen molar-refractivity contribution < 1.29 is 45.2 Å². The molecule has 0 aliphatic heterocycles. The molecule has 15 nitrogen and oxygen atoms in total. The molecule has 2 aromatic carbocycles. The van der Waals surface area contributed by atoms with Gasteiger partial charge < -0.3 is 10.1 Å². The van der Waals surface area contributed by atoms with Crippen molar-refractivity contribution >= 4 is 54.7 Å². The fourth-order valence-corrected chi connectivity index (χ4v) is 3.63. The van der Waals surface area contributed by atoms with Gasteiger partial charge in [-0.05, 0) is 24.3 Å². The van der Waals surface area contributed by atoms with Gasteiger partial charge in [0.15, 0.2) is 11.5 Å². The zero-order chi connectivity index (χ0) is 25.8. The highest BCUT2D eigenvalue weighted by Crippen LogP contribution is 2.28. The van der Waals surface area contributed by atoms with E-state index >= 15 is 0 Å².